The molecular formula is C13H17BrFNO. The summed E-state index contributed by atoms with van der Waals surface area (Å²) in [5, 5.41) is 0. The summed E-state index contributed by atoms with van der Waals surface area (Å²) in [4.78, 5) is 2.40. The van der Waals surface area contributed by atoms with Crippen LogP contribution in [0.15, 0.2) is 22.7 Å². The topological polar surface area (TPSA) is 12.5 Å². The Bertz CT molecular complexity index is 366. The van der Waals surface area contributed by atoms with Crippen molar-refractivity contribution in [2.24, 2.45) is 0 Å². The molecule has 2 nitrogen and oxygen atoms in total. The molecule has 1 aromatic carbocycles. The van der Waals surface area contributed by atoms with Gasteiger partial charge in [-0.2, -0.15) is 0 Å². The Kier molecular flexibility index (Phi) is 4.80. The summed E-state index contributed by atoms with van der Waals surface area (Å²) in [6.45, 7) is 3.88. The van der Waals surface area contributed by atoms with Gasteiger partial charge in [-0.15, -0.1) is 0 Å². The lowest BCUT2D eigenvalue weighted by Gasteiger charge is -2.26. The molecule has 4 heteroatoms. The lowest BCUT2D eigenvalue weighted by molar-refractivity contribution is 0.183. The first-order chi connectivity index (χ1) is 8.25. The van der Waals surface area contributed by atoms with Crippen LogP contribution in [-0.4, -0.2) is 31.1 Å². The van der Waals surface area contributed by atoms with Crippen molar-refractivity contribution < 1.29 is 9.13 Å². The van der Waals surface area contributed by atoms with Gasteiger partial charge >= 0.3 is 0 Å². The first-order valence-electron chi connectivity index (χ1n) is 6.06. The van der Waals surface area contributed by atoms with E-state index in [0.29, 0.717) is 16.8 Å². The van der Waals surface area contributed by atoms with E-state index < -0.39 is 0 Å². The number of likely N-dealkylation sites (tertiary alicyclic amines) is 1. The Balaban J connectivity index is 1.75. The quantitative estimate of drug-likeness (QED) is 0.844. The second kappa shape index (κ2) is 6.36. The summed E-state index contributed by atoms with van der Waals surface area (Å²) in [6, 6.07) is 4.87. The minimum absolute atomic E-state index is 0.277. The highest BCUT2D eigenvalue weighted by molar-refractivity contribution is 9.10. The molecule has 0 aromatic heterocycles. The summed E-state index contributed by atoms with van der Waals surface area (Å²) in [5.74, 6) is 0.322. The third-order valence-electron chi connectivity index (χ3n) is 3.02. The molecule has 0 amide bonds. The van der Waals surface area contributed by atoms with Crippen molar-refractivity contribution in [3.63, 3.8) is 0 Å². The van der Waals surface area contributed by atoms with Gasteiger partial charge in [-0.25, -0.2) is 4.39 Å². The predicted octanol–water partition coefficient (Wildman–Crippen LogP) is 3.45. The van der Waals surface area contributed by atoms with E-state index in [1.807, 2.05) is 0 Å². The molecule has 1 aliphatic heterocycles. The van der Waals surface area contributed by atoms with E-state index >= 15 is 0 Å². The van der Waals surface area contributed by atoms with Crippen molar-refractivity contribution in [2.45, 2.75) is 19.3 Å². The van der Waals surface area contributed by atoms with Crippen LogP contribution < -0.4 is 4.74 Å². The summed E-state index contributed by atoms with van der Waals surface area (Å²) in [5.41, 5.74) is 0. The van der Waals surface area contributed by atoms with E-state index in [-0.39, 0.29) is 5.82 Å². The van der Waals surface area contributed by atoms with Crippen molar-refractivity contribution >= 4 is 15.9 Å². The SMILES string of the molecule is Fc1cc(OCCN2CCCCC2)ccc1Br. The zero-order valence-electron chi connectivity index (χ0n) is 9.79. The molecule has 0 radical (unpaired) electrons. The molecule has 0 saturated carbocycles. The van der Waals surface area contributed by atoms with Gasteiger partial charge in [-0.05, 0) is 54.0 Å². The minimum Gasteiger partial charge on any atom is -0.492 e. The Morgan fingerprint density at radius 2 is 2.00 bits per heavy atom. The van der Waals surface area contributed by atoms with Gasteiger partial charge in [0.1, 0.15) is 18.2 Å². The van der Waals surface area contributed by atoms with Gasteiger partial charge < -0.3 is 4.74 Å². The molecule has 1 fully saturated rings. The summed E-state index contributed by atoms with van der Waals surface area (Å²) >= 11 is 3.12. The van der Waals surface area contributed by atoms with Gasteiger partial charge in [0.2, 0.25) is 0 Å². The maximum absolute atomic E-state index is 13.2. The van der Waals surface area contributed by atoms with Crippen LogP contribution in [0.3, 0.4) is 0 Å². The van der Waals surface area contributed by atoms with Gasteiger partial charge in [-0.3, -0.25) is 4.90 Å². The van der Waals surface area contributed by atoms with Crippen LogP contribution in [0.4, 0.5) is 4.39 Å². The van der Waals surface area contributed by atoms with Crippen molar-refractivity contribution in [1.82, 2.24) is 4.90 Å². The lowest BCUT2D eigenvalue weighted by Crippen LogP contribution is -2.33. The maximum atomic E-state index is 13.2. The summed E-state index contributed by atoms with van der Waals surface area (Å²) < 4.78 is 19.2. The van der Waals surface area contributed by atoms with Crippen LogP contribution in [0.1, 0.15) is 19.3 Å². The zero-order valence-corrected chi connectivity index (χ0v) is 11.4. The zero-order chi connectivity index (χ0) is 12.1. The molecule has 0 aliphatic carbocycles. The summed E-state index contributed by atoms with van der Waals surface area (Å²) in [6.07, 6.45) is 3.91. The molecule has 17 heavy (non-hydrogen) atoms. The predicted molar refractivity (Wildman–Crippen MR) is 69.9 cm³/mol. The van der Waals surface area contributed by atoms with E-state index in [1.54, 1.807) is 12.1 Å². The van der Waals surface area contributed by atoms with E-state index in [2.05, 4.69) is 20.8 Å². The maximum Gasteiger partial charge on any atom is 0.141 e. The highest BCUT2D eigenvalue weighted by atomic mass is 79.9. The average Bonchev–Trinajstić information content (AvgIpc) is 2.35. The Morgan fingerprint density at radius 1 is 1.24 bits per heavy atom. The van der Waals surface area contributed by atoms with Gasteiger partial charge in [-0.1, -0.05) is 6.42 Å². The number of hydrogen-bond donors (Lipinski definition) is 0. The fourth-order valence-corrected chi connectivity index (χ4v) is 2.29. The molecule has 2 rings (SSSR count). The molecule has 0 bridgehead atoms. The van der Waals surface area contributed by atoms with Crippen molar-refractivity contribution in [3.8, 4) is 5.75 Å². The largest absolute Gasteiger partial charge is 0.492 e. The number of piperidine rings is 1. The first kappa shape index (κ1) is 12.8. The smallest absolute Gasteiger partial charge is 0.141 e. The average molecular weight is 302 g/mol. The normalized spacial score (nSPS) is 17.1. The molecule has 1 aliphatic rings. The Hall–Kier alpha value is -0.610. The van der Waals surface area contributed by atoms with Gasteiger partial charge in [0.15, 0.2) is 0 Å². The highest BCUT2D eigenvalue weighted by Gasteiger charge is 2.09. The van der Waals surface area contributed by atoms with Crippen LogP contribution in [0.25, 0.3) is 0 Å². The van der Waals surface area contributed by atoms with E-state index in [9.17, 15) is 4.39 Å². The molecule has 0 spiro atoms. The number of nitrogens with zero attached hydrogens (tertiary/aromatic N) is 1. The lowest BCUT2D eigenvalue weighted by atomic mass is 10.1. The number of halogens is 2. The third kappa shape index (κ3) is 3.96. The fraction of sp³-hybridized carbons (Fsp3) is 0.538. The van der Waals surface area contributed by atoms with Gasteiger partial charge in [0, 0.05) is 12.6 Å². The standard InChI is InChI=1S/C13H17BrFNO/c14-12-5-4-11(10-13(12)15)17-9-8-16-6-2-1-3-7-16/h4-5,10H,1-3,6-9H2. The first-order valence-corrected chi connectivity index (χ1v) is 6.85. The minimum atomic E-state index is -0.277. The number of ether oxygens (including phenoxy) is 1. The monoisotopic (exact) mass is 301 g/mol. The molecule has 1 heterocycles. The second-order valence-corrected chi connectivity index (χ2v) is 5.18. The van der Waals surface area contributed by atoms with Crippen molar-refractivity contribution in [2.75, 3.05) is 26.2 Å². The van der Waals surface area contributed by atoms with Gasteiger partial charge in [0.25, 0.3) is 0 Å². The van der Waals surface area contributed by atoms with Crippen molar-refractivity contribution in [3.05, 3.63) is 28.5 Å². The molecule has 1 saturated heterocycles. The Morgan fingerprint density at radius 3 is 2.71 bits per heavy atom. The summed E-state index contributed by atoms with van der Waals surface area (Å²) in [7, 11) is 0. The molecule has 0 N–H and O–H groups in total. The fourth-order valence-electron chi connectivity index (χ4n) is 2.04. The molecule has 1 aromatic rings. The molecule has 94 valence electrons. The Labute approximate surface area is 110 Å². The van der Waals surface area contributed by atoms with Crippen LogP contribution in [0, 0.1) is 5.82 Å². The number of hydrogen-bond acceptors (Lipinski definition) is 2. The van der Waals surface area contributed by atoms with Gasteiger partial charge in [0.05, 0.1) is 4.47 Å². The van der Waals surface area contributed by atoms with Crippen LogP contribution in [0.5, 0.6) is 5.75 Å². The third-order valence-corrected chi connectivity index (χ3v) is 3.66. The molecule has 0 atom stereocenters. The van der Waals surface area contributed by atoms with E-state index in [4.69, 9.17) is 4.74 Å². The number of benzene rings is 1. The van der Waals surface area contributed by atoms with E-state index in [0.717, 1.165) is 19.6 Å². The van der Waals surface area contributed by atoms with E-state index in [1.165, 1.54) is 25.3 Å². The molecular weight excluding hydrogens is 285 g/mol. The van der Waals surface area contributed by atoms with Crippen LogP contribution >= 0.6 is 15.9 Å². The molecule has 0 unspecified atom stereocenters. The van der Waals surface area contributed by atoms with Crippen LogP contribution in [0.2, 0.25) is 0 Å². The highest BCUT2D eigenvalue weighted by Crippen LogP contribution is 2.20. The number of rotatable bonds is 4. The second-order valence-electron chi connectivity index (χ2n) is 4.33. The van der Waals surface area contributed by atoms with Crippen LogP contribution in [-0.2, 0) is 0 Å². The van der Waals surface area contributed by atoms with Crippen molar-refractivity contribution in [1.29, 1.82) is 0 Å².